The van der Waals surface area contributed by atoms with Crippen LogP contribution < -0.4 is 5.32 Å². The van der Waals surface area contributed by atoms with E-state index in [4.69, 9.17) is 0 Å². The van der Waals surface area contributed by atoms with Crippen molar-refractivity contribution in [2.45, 2.75) is 71.6 Å². The molecule has 0 bridgehead atoms. The predicted octanol–water partition coefficient (Wildman–Crippen LogP) is 4.72. The first-order valence-electron chi connectivity index (χ1n) is 7.94. The minimum absolute atomic E-state index is 1.07. The number of nitrogens with one attached hydrogen (secondary N) is 1. The molecule has 0 fully saturated rings. The fraction of sp³-hybridized carbons (Fsp3) is 0.812. The van der Waals surface area contributed by atoms with E-state index in [1.54, 1.807) is 11.3 Å². The van der Waals surface area contributed by atoms with Crippen molar-refractivity contribution < 1.29 is 0 Å². The van der Waals surface area contributed by atoms with Gasteiger partial charge in [0.1, 0.15) is 0 Å². The lowest BCUT2D eigenvalue weighted by Crippen LogP contribution is -2.18. The van der Waals surface area contributed by atoms with Gasteiger partial charge in [-0.15, -0.1) is 11.3 Å². The Balaban J connectivity index is 1.79. The molecule has 0 spiro atoms. The Morgan fingerprint density at radius 3 is 2.32 bits per heavy atom. The third kappa shape index (κ3) is 9.17. The van der Waals surface area contributed by atoms with E-state index in [0.29, 0.717) is 0 Å². The molecule has 0 aliphatic heterocycles. The summed E-state index contributed by atoms with van der Waals surface area (Å²) in [6, 6.07) is 0. The van der Waals surface area contributed by atoms with Crippen molar-refractivity contribution in [1.82, 2.24) is 10.3 Å². The van der Waals surface area contributed by atoms with Crippen LogP contribution in [0.1, 0.15) is 69.0 Å². The van der Waals surface area contributed by atoms with Crippen LogP contribution in [0.2, 0.25) is 0 Å². The van der Waals surface area contributed by atoms with Crippen molar-refractivity contribution in [2.24, 2.45) is 0 Å². The van der Waals surface area contributed by atoms with Gasteiger partial charge in [-0.3, -0.25) is 0 Å². The molecule has 110 valence electrons. The molecule has 0 radical (unpaired) electrons. The van der Waals surface area contributed by atoms with Crippen LogP contribution in [0.4, 0.5) is 0 Å². The number of nitrogens with zero attached hydrogens (tertiary/aromatic N) is 1. The Morgan fingerprint density at radius 1 is 1.00 bits per heavy atom. The van der Waals surface area contributed by atoms with Gasteiger partial charge < -0.3 is 5.32 Å². The van der Waals surface area contributed by atoms with Gasteiger partial charge in [0.2, 0.25) is 0 Å². The molecule has 0 amide bonds. The highest BCUT2D eigenvalue weighted by Gasteiger charge is 1.97. The van der Waals surface area contributed by atoms with Gasteiger partial charge in [-0.1, -0.05) is 51.9 Å². The molecule has 0 aliphatic carbocycles. The molecule has 0 unspecified atom stereocenters. The minimum Gasteiger partial charge on any atom is -0.316 e. The molecule has 0 aromatic carbocycles. The predicted molar refractivity (Wildman–Crippen MR) is 86.0 cm³/mol. The summed E-state index contributed by atoms with van der Waals surface area (Å²) >= 11 is 1.78. The monoisotopic (exact) mass is 282 g/mol. The summed E-state index contributed by atoms with van der Waals surface area (Å²) in [6.07, 6.45) is 12.3. The first-order valence-corrected chi connectivity index (χ1v) is 8.82. The van der Waals surface area contributed by atoms with E-state index in [-0.39, 0.29) is 0 Å². The molecule has 1 aromatic rings. The topological polar surface area (TPSA) is 24.9 Å². The molecule has 1 rings (SSSR count). The van der Waals surface area contributed by atoms with E-state index in [1.165, 1.54) is 62.9 Å². The maximum atomic E-state index is 4.47. The van der Waals surface area contributed by atoms with Crippen molar-refractivity contribution >= 4 is 11.3 Å². The SMILES string of the molecule is CCCCCCCCCCNCCc1nc(C)cs1. The molecular weight excluding hydrogens is 252 g/mol. The number of hydrogen-bond donors (Lipinski definition) is 1. The lowest BCUT2D eigenvalue weighted by Gasteiger charge is -2.04. The van der Waals surface area contributed by atoms with Gasteiger partial charge in [0.25, 0.3) is 0 Å². The summed E-state index contributed by atoms with van der Waals surface area (Å²) < 4.78 is 0. The third-order valence-corrected chi connectivity index (χ3v) is 4.42. The standard InChI is InChI=1S/C16H30N2S/c1-3-4-5-6-7-8-9-10-12-17-13-11-16-18-15(2)14-19-16/h14,17H,3-13H2,1-2H3. The molecule has 2 nitrogen and oxygen atoms in total. The third-order valence-electron chi connectivity index (χ3n) is 3.39. The van der Waals surface area contributed by atoms with Crippen molar-refractivity contribution in [2.75, 3.05) is 13.1 Å². The van der Waals surface area contributed by atoms with Crippen LogP contribution in [0.3, 0.4) is 0 Å². The van der Waals surface area contributed by atoms with Crippen LogP contribution in [0.5, 0.6) is 0 Å². The maximum absolute atomic E-state index is 4.47. The summed E-state index contributed by atoms with van der Waals surface area (Å²) in [5.41, 5.74) is 1.16. The van der Waals surface area contributed by atoms with Gasteiger partial charge in [0, 0.05) is 24.0 Å². The quantitative estimate of drug-likeness (QED) is 0.561. The first kappa shape index (κ1) is 16.6. The van der Waals surface area contributed by atoms with Crippen LogP contribution in [-0.2, 0) is 6.42 Å². The second-order valence-electron chi connectivity index (χ2n) is 5.36. The Labute approximate surface area is 123 Å². The van der Waals surface area contributed by atoms with Gasteiger partial charge >= 0.3 is 0 Å². The molecule has 0 aliphatic rings. The van der Waals surface area contributed by atoms with Crippen LogP contribution >= 0.6 is 11.3 Å². The van der Waals surface area contributed by atoms with Gasteiger partial charge in [-0.2, -0.15) is 0 Å². The molecular formula is C16H30N2S. The van der Waals surface area contributed by atoms with Crippen molar-refractivity contribution in [3.05, 3.63) is 16.1 Å². The van der Waals surface area contributed by atoms with Crippen molar-refractivity contribution in [1.29, 1.82) is 0 Å². The van der Waals surface area contributed by atoms with Gasteiger partial charge in [0.05, 0.1) is 5.01 Å². The zero-order valence-corrected chi connectivity index (χ0v) is 13.5. The normalized spacial score (nSPS) is 11.1. The number of unbranched alkanes of at least 4 members (excludes halogenated alkanes) is 7. The van der Waals surface area contributed by atoms with Crippen LogP contribution in [0.15, 0.2) is 5.38 Å². The Hall–Kier alpha value is -0.410. The van der Waals surface area contributed by atoms with E-state index < -0.39 is 0 Å². The number of aryl methyl sites for hydroxylation is 1. The van der Waals surface area contributed by atoms with Gasteiger partial charge in [0.15, 0.2) is 0 Å². The number of rotatable bonds is 12. The van der Waals surface area contributed by atoms with Crippen molar-refractivity contribution in [3.63, 3.8) is 0 Å². The summed E-state index contributed by atoms with van der Waals surface area (Å²) in [7, 11) is 0. The largest absolute Gasteiger partial charge is 0.316 e. The molecule has 3 heteroatoms. The summed E-state index contributed by atoms with van der Waals surface area (Å²) in [5.74, 6) is 0. The molecule has 19 heavy (non-hydrogen) atoms. The zero-order valence-electron chi connectivity index (χ0n) is 12.7. The minimum atomic E-state index is 1.07. The van der Waals surface area contributed by atoms with Gasteiger partial charge in [-0.05, 0) is 19.9 Å². The highest BCUT2D eigenvalue weighted by Crippen LogP contribution is 2.09. The second-order valence-corrected chi connectivity index (χ2v) is 6.30. The van der Waals surface area contributed by atoms with E-state index in [0.717, 1.165) is 18.7 Å². The number of aromatic nitrogens is 1. The highest BCUT2D eigenvalue weighted by molar-refractivity contribution is 7.09. The Morgan fingerprint density at radius 2 is 1.68 bits per heavy atom. The lowest BCUT2D eigenvalue weighted by atomic mass is 10.1. The number of thiazole rings is 1. The smallest absolute Gasteiger partial charge is 0.0940 e. The highest BCUT2D eigenvalue weighted by atomic mass is 32.1. The fourth-order valence-corrected chi connectivity index (χ4v) is 3.00. The Bertz CT molecular complexity index is 309. The van der Waals surface area contributed by atoms with E-state index in [1.807, 2.05) is 0 Å². The van der Waals surface area contributed by atoms with E-state index in [2.05, 4.69) is 29.5 Å². The molecule has 1 N–H and O–H groups in total. The van der Waals surface area contributed by atoms with Crippen molar-refractivity contribution in [3.8, 4) is 0 Å². The molecule has 0 atom stereocenters. The summed E-state index contributed by atoms with van der Waals surface area (Å²) in [4.78, 5) is 4.47. The zero-order chi connectivity index (χ0) is 13.8. The van der Waals surface area contributed by atoms with Gasteiger partial charge in [-0.25, -0.2) is 4.98 Å². The maximum Gasteiger partial charge on any atom is 0.0940 e. The summed E-state index contributed by atoms with van der Waals surface area (Å²) in [6.45, 7) is 6.58. The lowest BCUT2D eigenvalue weighted by molar-refractivity contribution is 0.555. The molecule has 0 saturated heterocycles. The molecule has 0 saturated carbocycles. The van der Waals surface area contributed by atoms with Crippen LogP contribution in [0, 0.1) is 6.92 Å². The average Bonchev–Trinajstić information content (AvgIpc) is 2.82. The average molecular weight is 282 g/mol. The first-order chi connectivity index (χ1) is 9.33. The summed E-state index contributed by atoms with van der Waals surface area (Å²) in [5, 5.41) is 6.92. The fourth-order valence-electron chi connectivity index (χ4n) is 2.22. The van der Waals surface area contributed by atoms with E-state index in [9.17, 15) is 0 Å². The number of hydrogen-bond acceptors (Lipinski definition) is 3. The van der Waals surface area contributed by atoms with E-state index >= 15 is 0 Å². The second kappa shape index (κ2) is 11.4. The molecule has 1 heterocycles. The van der Waals surface area contributed by atoms with Crippen LogP contribution in [-0.4, -0.2) is 18.1 Å². The van der Waals surface area contributed by atoms with Crippen LogP contribution in [0.25, 0.3) is 0 Å². The Kier molecular flexibility index (Phi) is 10.0. The molecule has 1 aromatic heterocycles.